The summed E-state index contributed by atoms with van der Waals surface area (Å²) in [6, 6.07) is 0. The minimum Gasteiger partial charge on any atom is -0.456 e. The lowest BCUT2D eigenvalue weighted by molar-refractivity contribution is -0.225. The number of carbonyl (C=O) groups is 1. The lowest BCUT2D eigenvalue weighted by Gasteiger charge is -2.41. The fraction of sp³-hybridized carbons (Fsp3) is 0.571. The quantitative estimate of drug-likeness (QED) is 0.337. The van der Waals surface area contributed by atoms with E-state index in [1.54, 1.807) is 19.5 Å². The van der Waals surface area contributed by atoms with Crippen LogP contribution in [0.15, 0.2) is 54.1 Å². The molecule has 6 heteroatoms. The average molecular weight is 467 g/mol. The van der Waals surface area contributed by atoms with Crippen LogP contribution < -0.4 is 0 Å². The van der Waals surface area contributed by atoms with Crippen LogP contribution in [-0.4, -0.2) is 40.1 Å². The minimum atomic E-state index is -0.950. The maximum atomic E-state index is 12.9. The third kappa shape index (κ3) is 4.58. The second-order valence-electron chi connectivity index (χ2n) is 10.6. The number of esters is 1. The number of aromatic nitrogens is 2. The number of rotatable bonds is 5. The normalized spacial score (nSPS) is 35.4. The van der Waals surface area contributed by atoms with Gasteiger partial charge in [-0.25, -0.2) is 9.78 Å². The van der Waals surface area contributed by atoms with Crippen LogP contribution in [0.3, 0.4) is 0 Å². The van der Waals surface area contributed by atoms with E-state index in [2.05, 4.69) is 44.8 Å². The van der Waals surface area contributed by atoms with Gasteiger partial charge in [0.25, 0.3) is 0 Å². The molecular formula is C28H38N2O4. The molecule has 4 rings (SSSR count). The lowest BCUT2D eigenvalue weighted by Crippen LogP contribution is -2.47. The highest BCUT2D eigenvalue weighted by Gasteiger charge is 2.52. The Morgan fingerprint density at radius 2 is 2.09 bits per heavy atom. The lowest BCUT2D eigenvalue weighted by atomic mass is 9.65. The van der Waals surface area contributed by atoms with Crippen LogP contribution in [0.2, 0.25) is 0 Å². The molecule has 0 saturated carbocycles. The summed E-state index contributed by atoms with van der Waals surface area (Å²) < 4.78 is 20.5. The number of nitrogens with zero attached hydrogens (tertiary/aromatic N) is 2. The zero-order chi connectivity index (χ0) is 24.7. The maximum Gasteiger partial charge on any atom is 0.331 e. The van der Waals surface area contributed by atoms with Crippen molar-refractivity contribution in [3.05, 3.63) is 59.7 Å². The van der Waals surface area contributed by atoms with Crippen LogP contribution in [-0.2, 0) is 26.1 Å². The highest BCUT2D eigenvalue weighted by Crippen LogP contribution is 2.49. The largest absolute Gasteiger partial charge is 0.456 e. The Kier molecular flexibility index (Phi) is 6.76. The van der Waals surface area contributed by atoms with Gasteiger partial charge < -0.3 is 18.8 Å². The van der Waals surface area contributed by atoms with Gasteiger partial charge in [0, 0.05) is 26.4 Å². The van der Waals surface area contributed by atoms with Gasteiger partial charge in [-0.2, -0.15) is 0 Å². The third-order valence-electron chi connectivity index (χ3n) is 7.89. The highest BCUT2D eigenvalue weighted by molar-refractivity contribution is 5.86. The topological polar surface area (TPSA) is 62.6 Å². The summed E-state index contributed by atoms with van der Waals surface area (Å²) in [6.45, 7) is 10.9. The minimum absolute atomic E-state index is 0.260. The molecule has 1 aliphatic carbocycles. The molecule has 3 aliphatic rings. The Morgan fingerprint density at radius 3 is 2.74 bits per heavy atom. The molecule has 6 atom stereocenters. The average Bonchev–Trinajstić information content (AvgIpc) is 3.38. The van der Waals surface area contributed by atoms with Gasteiger partial charge in [0.05, 0.1) is 12.0 Å². The first-order valence-electron chi connectivity index (χ1n) is 12.2. The van der Waals surface area contributed by atoms with Gasteiger partial charge in [-0.05, 0) is 81.1 Å². The molecule has 0 unspecified atom stereocenters. The summed E-state index contributed by atoms with van der Waals surface area (Å²) in [5, 5.41) is 0. The standard InChI is InChI=1S/C28H38N2O4/c1-18(2)22-10-8-19(3)23-15-25(33-26(31)11-9-21-16-30(6)17-29-21)27(5)12-13-28(32-7,34-27)20(4)14-24(22)23/h8-9,11-14,16-18,22-25H,10,15H2,1-7H3/b11-9+,20-14?/t22-,23+,24-,25+,27+,28-/m1/s1. The zero-order valence-electron chi connectivity index (χ0n) is 21.4. The molecule has 0 radical (unpaired) electrons. The first-order chi connectivity index (χ1) is 16.1. The fourth-order valence-corrected chi connectivity index (χ4v) is 5.74. The molecule has 6 nitrogen and oxygen atoms in total. The highest BCUT2D eigenvalue weighted by atomic mass is 16.7. The van der Waals surface area contributed by atoms with E-state index >= 15 is 0 Å². The molecular weight excluding hydrogens is 428 g/mol. The van der Waals surface area contributed by atoms with Crippen molar-refractivity contribution in [1.29, 1.82) is 0 Å². The molecule has 184 valence electrons. The van der Waals surface area contributed by atoms with Gasteiger partial charge in [-0.1, -0.05) is 31.6 Å². The van der Waals surface area contributed by atoms with Crippen LogP contribution in [0, 0.1) is 23.7 Å². The summed E-state index contributed by atoms with van der Waals surface area (Å²) in [5.41, 5.74) is 2.31. The van der Waals surface area contributed by atoms with Crippen molar-refractivity contribution in [3.63, 3.8) is 0 Å². The summed E-state index contributed by atoms with van der Waals surface area (Å²) in [6.07, 6.45) is 16.6. The Hall–Kier alpha value is -2.44. The van der Waals surface area contributed by atoms with Crippen molar-refractivity contribution >= 4 is 12.0 Å². The van der Waals surface area contributed by atoms with Crippen molar-refractivity contribution in [3.8, 4) is 0 Å². The number of methoxy groups -OCH3 is 1. The van der Waals surface area contributed by atoms with Crippen LogP contribution in [0.4, 0.5) is 0 Å². The number of hydrogen-bond donors (Lipinski definition) is 0. The van der Waals surface area contributed by atoms with Gasteiger partial charge in [-0.3, -0.25) is 0 Å². The molecule has 0 spiro atoms. The summed E-state index contributed by atoms with van der Waals surface area (Å²) in [5.74, 6) is 0.271. The molecule has 0 saturated heterocycles. The first-order valence-corrected chi connectivity index (χ1v) is 12.2. The van der Waals surface area contributed by atoms with Crippen molar-refractivity contribution in [1.82, 2.24) is 9.55 Å². The second kappa shape index (κ2) is 9.31. The van der Waals surface area contributed by atoms with Crippen LogP contribution in [0.25, 0.3) is 6.08 Å². The fourth-order valence-electron chi connectivity index (χ4n) is 5.74. The summed E-state index contributed by atoms with van der Waals surface area (Å²) >= 11 is 0. The van der Waals surface area contributed by atoms with E-state index in [0.29, 0.717) is 29.9 Å². The summed E-state index contributed by atoms with van der Waals surface area (Å²) in [7, 11) is 3.56. The SMILES string of the molecule is CO[C@]12C=C[C@](C)(O1)[C@@H](OC(=O)/C=C/c1cn(C)cn1)C[C@H]1C(C)=CC[C@H](C(C)C)[C@H]1C=C2C. The second-order valence-corrected chi connectivity index (χ2v) is 10.6. The Morgan fingerprint density at radius 1 is 1.32 bits per heavy atom. The van der Waals surface area contributed by atoms with Crippen LogP contribution in [0.1, 0.15) is 53.2 Å². The summed E-state index contributed by atoms with van der Waals surface area (Å²) in [4.78, 5) is 17.2. The Labute approximate surface area is 203 Å². The number of fused-ring (bicyclic) bond motifs is 3. The monoisotopic (exact) mass is 466 g/mol. The van der Waals surface area contributed by atoms with Crippen molar-refractivity contribution in [2.45, 2.75) is 65.0 Å². The number of imidazole rings is 1. The van der Waals surface area contributed by atoms with E-state index in [1.165, 1.54) is 11.6 Å². The van der Waals surface area contributed by atoms with E-state index < -0.39 is 23.5 Å². The molecule has 3 heterocycles. The first kappa shape index (κ1) is 24.7. The van der Waals surface area contributed by atoms with Gasteiger partial charge in [-0.15, -0.1) is 0 Å². The molecule has 2 aliphatic heterocycles. The van der Waals surface area contributed by atoms with Gasteiger partial charge >= 0.3 is 5.97 Å². The van der Waals surface area contributed by atoms with E-state index in [9.17, 15) is 4.79 Å². The van der Waals surface area contributed by atoms with Crippen molar-refractivity contribution in [2.24, 2.45) is 30.7 Å². The van der Waals surface area contributed by atoms with E-state index in [4.69, 9.17) is 14.2 Å². The number of hydrogen-bond acceptors (Lipinski definition) is 5. The third-order valence-corrected chi connectivity index (χ3v) is 7.89. The van der Waals surface area contributed by atoms with Crippen molar-refractivity contribution in [2.75, 3.05) is 7.11 Å². The molecule has 2 bridgehead atoms. The number of carbonyl (C=O) groups excluding carboxylic acids is 1. The smallest absolute Gasteiger partial charge is 0.331 e. The number of aryl methyl sites for hydroxylation is 1. The molecule has 0 amide bonds. The maximum absolute atomic E-state index is 12.9. The Balaban J connectivity index is 1.69. The predicted molar refractivity (Wildman–Crippen MR) is 133 cm³/mol. The number of allylic oxidation sites excluding steroid dienone is 3. The predicted octanol–water partition coefficient (Wildman–Crippen LogP) is 5.24. The van der Waals surface area contributed by atoms with Gasteiger partial charge in [0.2, 0.25) is 5.79 Å². The molecule has 0 aromatic carbocycles. The van der Waals surface area contributed by atoms with E-state index in [-0.39, 0.29) is 5.92 Å². The Bertz CT molecular complexity index is 1050. The molecule has 1 aromatic rings. The van der Waals surface area contributed by atoms with Crippen LogP contribution in [0.5, 0.6) is 0 Å². The van der Waals surface area contributed by atoms with E-state index in [1.807, 2.05) is 36.9 Å². The van der Waals surface area contributed by atoms with Gasteiger partial charge in [0.15, 0.2) is 0 Å². The van der Waals surface area contributed by atoms with Crippen molar-refractivity contribution < 1.29 is 19.0 Å². The molecule has 1 aromatic heterocycles. The zero-order valence-corrected chi connectivity index (χ0v) is 21.4. The molecule has 0 fully saturated rings. The van der Waals surface area contributed by atoms with E-state index in [0.717, 1.165) is 12.0 Å². The van der Waals surface area contributed by atoms with Gasteiger partial charge in [0.1, 0.15) is 11.7 Å². The van der Waals surface area contributed by atoms with Crippen LogP contribution >= 0.6 is 0 Å². The molecule has 34 heavy (non-hydrogen) atoms. The molecule has 0 N–H and O–H groups in total. The number of ether oxygens (including phenoxy) is 3.